The molecule has 0 aliphatic heterocycles. The Kier molecular flexibility index (Phi) is 3.09. The van der Waals surface area contributed by atoms with Gasteiger partial charge in [0.1, 0.15) is 0 Å². The lowest BCUT2D eigenvalue weighted by molar-refractivity contribution is -0.137. The summed E-state index contributed by atoms with van der Waals surface area (Å²) in [5.74, 6) is -0.900. The number of aryl methyl sites for hydroxylation is 1. The molecule has 0 saturated heterocycles. The second-order valence-corrected chi connectivity index (χ2v) is 4.48. The molecule has 2 aromatic rings. The molecule has 1 aromatic heterocycles. The Morgan fingerprint density at radius 1 is 1.59 bits per heavy atom. The molecule has 17 heavy (non-hydrogen) atoms. The smallest absolute Gasteiger partial charge is 0.305 e. The third-order valence-electron chi connectivity index (χ3n) is 2.79. The number of carboxylic acids is 1. The van der Waals surface area contributed by atoms with Gasteiger partial charge < -0.3 is 15.4 Å². The van der Waals surface area contributed by atoms with Crippen LogP contribution in [-0.2, 0) is 11.8 Å². The fraction of sp³-hybridized carbons (Fsp3) is 0.250. The average Bonchev–Trinajstić information content (AvgIpc) is 2.53. The highest BCUT2D eigenvalue weighted by atomic mass is 35.5. The zero-order valence-electron chi connectivity index (χ0n) is 9.35. The van der Waals surface area contributed by atoms with Gasteiger partial charge in [-0.1, -0.05) is 23.7 Å². The summed E-state index contributed by atoms with van der Waals surface area (Å²) >= 11 is 6.05. The number of nitrogens with zero attached hydrogens (tertiary/aromatic N) is 1. The summed E-state index contributed by atoms with van der Waals surface area (Å²) in [5, 5.41) is 10.3. The van der Waals surface area contributed by atoms with Crippen molar-refractivity contribution >= 4 is 28.5 Å². The van der Waals surface area contributed by atoms with E-state index in [1.807, 2.05) is 36.0 Å². The van der Waals surface area contributed by atoms with Crippen molar-refractivity contribution in [3.8, 4) is 0 Å². The number of carbonyl (C=O) groups is 1. The van der Waals surface area contributed by atoms with Crippen molar-refractivity contribution in [3.05, 3.63) is 35.0 Å². The van der Waals surface area contributed by atoms with Crippen molar-refractivity contribution in [2.75, 3.05) is 0 Å². The zero-order valence-corrected chi connectivity index (χ0v) is 10.1. The monoisotopic (exact) mass is 252 g/mol. The van der Waals surface area contributed by atoms with E-state index in [1.165, 1.54) is 0 Å². The first kappa shape index (κ1) is 12.0. The summed E-state index contributed by atoms with van der Waals surface area (Å²) < 4.78 is 1.90. The standard InChI is InChI=1S/C12H13ClN2O2/c1-15-6-9(13)8-3-2-7(4-11(8)15)10(14)5-12(16)17/h2-4,6,10H,5,14H2,1H3,(H,16,17). The Morgan fingerprint density at radius 3 is 2.94 bits per heavy atom. The Hall–Kier alpha value is -1.52. The van der Waals surface area contributed by atoms with Crippen LogP contribution >= 0.6 is 11.6 Å². The number of nitrogens with two attached hydrogens (primary N) is 1. The van der Waals surface area contributed by atoms with Gasteiger partial charge in [0.05, 0.1) is 11.4 Å². The molecule has 3 N–H and O–H groups in total. The molecule has 2 rings (SSSR count). The van der Waals surface area contributed by atoms with E-state index < -0.39 is 12.0 Å². The number of halogens is 1. The van der Waals surface area contributed by atoms with Crippen LogP contribution in [0.1, 0.15) is 18.0 Å². The highest BCUT2D eigenvalue weighted by molar-refractivity contribution is 6.35. The number of hydrogen-bond donors (Lipinski definition) is 2. The predicted molar refractivity (Wildman–Crippen MR) is 67.1 cm³/mol. The lowest BCUT2D eigenvalue weighted by Gasteiger charge is -2.09. The van der Waals surface area contributed by atoms with Crippen molar-refractivity contribution in [1.82, 2.24) is 4.57 Å². The second-order valence-electron chi connectivity index (χ2n) is 4.07. The van der Waals surface area contributed by atoms with Crippen LogP contribution in [0, 0.1) is 0 Å². The van der Waals surface area contributed by atoms with Gasteiger partial charge in [-0.15, -0.1) is 0 Å². The van der Waals surface area contributed by atoms with Gasteiger partial charge in [-0.05, 0) is 11.6 Å². The van der Waals surface area contributed by atoms with E-state index >= 15 is 0 Å². The third-order valence-corrected chi connectivity index (χ3v) is 3.09. The Morgan fingerprint density at radius 2 is 2.29 bits per heavy atom. The van der Waals surface area contributed by atoms with Gasteiger partial charge in [0, 0.05) is 30.2 Å². The van der Waals surface area contributed by atoms with E-state index in [-0.39, 0.29) is 6.42 Å². The molecule has 1 unspecified atom stereocenters. The van der Waals surface area contributed by atoms with Crippen molar-refractivity contribution in [1.29, 1.82) is 0 Å². The van der Waals surface area contributed by atoms with Crippen molar-refractivity contribution in [2.24, 2.45) is 12.8 Å². The first-order chi connectivity index (χ1) is 7.99. The predicted octanol–water partition coefficient (Wildman–Crippen LogP) is 2.31. The number of aromatic nitrogens is 1. The maximum atomic E-state index is 10.6. The maximum Gasteiger partial charge on any atom is 0.305 e. The second kappa shape index (κ2) is 4.39. The largest absolute Gasteiger partial charge is 0.481 e. The van der Waals surface area contributed by atoms with Crippen molar-refractivity contribution in [3.63, 3.8) is 0 Å². The summed E-state index contributed by atoms with van der Waals surface area (Å²) in [6.07, 6.45) is 1.74. The van der Waals surface area contributed by atoms with E-state index in [9.17, 15) is 4.79 Å². The van der Waals surface area contributed by atoms with E-state index in [0.29, 0.717) is 5.02 Å². The van der Waals surface area contributed by atoms with E-state index in [0.717, 1.165) is 16.5 Å². The number of carboxylic acid groups (broad SMARTS) is 1. The van der Waals surface area contributed by atoms with Gasteiger partial charge in [0.25, 0.3) is 0 Å². The summed E-state index contributed by atoms with van der Waals surface area (Å²) in [4.78, 5) is 10.6. The van der Waals surface area contributed by atoms with Crippen LogP contribution in [0.2, 0.25) is 5.02 Å². The van der Waals surface area contributed by atoms with Crippen LogP contribution in [0.25, 0.3) is 10.9 Å². The summed E-state index contributed by atoms with van der Waals surface area (Å²) in [6, 6.07) is 5.08. The molecule has 5 heteroatoms. The van der Waals surface area contributed by atoms with Crippen LogP contribution in [0.15, 0.2) is 24.4 Å². The number of aliphatic carboxylic acids is 1. The Balaban J connectivity index is 2.44. The van der Waals surface area contributed by atoms with Gasteiger partial charge in [0.15, 0.2) is 0 Å². The normalized spacial score (nSPS) is 12.9. The Labute approximate surface area is 104 Å². The summed E-state index contributed by atoms with van der Waals surface area (Å²) in [6.45, 7) is 0. The zero-order chi connectivity index (χ0) is 12.6. The van der Waals surface area contributed by atoms with E-state index in [4.69, 9.17) is 22.4 Å². The average molecular weight is 253 g/mol. The highest BCUT2D eigenvalue weighted by Gasteiger charge is 2.12. The van der Waals surface area contributed by atoms with E-state index in [1.54, 1.807) is 0 Å². The number of rotatable bonds is 3. The number of benzene rings is 1. The SMILES string of the molecule is Cn1cc(Cl)c2ccc(C(N)CC(=O)O)cc21. The molecule has 1 atom stereocenters. The molecular formula is C12H13ClN2O2. The van der Waals surface area contributed by atoms with Crippen LogP contribution in [0.4, 0.5) is 0 Å². The van der Waals surface area contributed by atoms with Crippen LogP contribution in [-0.4, -0.2) is 15.6 Å². The van der Waals surface area contributed by atoms with Gasteiger partial charge in [-0.2, -0.15) is 0 Å². The fourth-order valence-corrected chi connectivity index (χ4v) is 2.19. The molecule has 0 bridgehead atoms. The van der Waals surface area contributed by atoms with Gasteiger partial charge >= 0.3 is 5.97 Å². The molecule has 0 amide bonds. The van der Waals surface area contributed by atoms with Gasteiger partial charge in [-0.3, -0.25) is 4.79 Å². The fourth-order valence-electron chi connectivity index (χ4n) is 1.89. The van der Waals surface area contributed by atoms with Crippen LogP contribution in [0.3, 0.4) is 0 Å². The third kappa shape index (κ3) is 2.28. The number of hydrogen-bond acceptors (Lipinski definition) is 2. The molecule has 0 saturated carbocycles. The van der Waals surface area contributed by atoms with Crippen molar-refractivity contribution < 1.29 is 9.90 Å². The lowest BCUT2D eigenvalue weighted by Crippen LogP contribution is -2.14. The molecule has 0 aliphatic rings. The highest BCUT2D eigenvalue weighted by Crippen LogP contribution is 2.27. The quantitative estimate of drug-likeness (QED) is 0.881. The molecule has 0 spiro atoms. The first-order valence-corrected chi connectivity index (χ1v) is 5.58. The summed E-state index contributed by atoms with van der Waals surface area (Å²) in [7, 11) is 1.89. The lowest BCUT2D eigenvalue weighted by atomic mass is 10.0. The van der Waals surface area contributed by atoms with E-state index in [2.05, 4.69) is 0 Å². The molecule has 4 nitrogen and oxygen atoms in total. The number of fused-ring (bicyclic) bond motifs is 1. The summed E-state index contributed by atoms with van der Waals surface area (Å²) in [5.41, 5.74) is 7.58. The minimum Gasteiger partial charge on any atom is -0.481 e. The minimum atomic E-state index is -0.900. The molecular weight excluding hydrogens is 240 g/mol. The van der Waals surface area contributed by atoms with Gasteiger partial charge in [-0.25, -0.2) is 0 Å². The minimum absolute atomic E-state index is 0.0797. The molecule has 0 fully saturated rings. The Bertz CT molecular complexity index is 577. The molecule has 0 aliphatic carbocycles. The molecule has 1 heterocycles. The van der Waals surface area contributed by atoms with Crippen molar-refractivity contribution in [2.45, 2.75) is 12.5 Å². The maximum absolute atomic E-state index is 10.6. The molecule has 1 aromatic carbocycles. The first-order valence-electron chi connectivity index (χ1n) is 5.21. The van der Waals surface area contributed by atoms with Crippen LogP contribution in [0.5, 0.6) is 0 Å². The van der Waals surface area contributed by atoms with Crippen LogP contribution < -0.4 is 5.73 Å². The molecule has 0 radical (unpaired) electrons. The topological polar surface area (TPSA) is 68.2 Å². The van der Waals surface area contributed by atoms with Gasteiger partial charge in [0.2, 0.25) is 0 Å². The molecule has 90 valence electrons.